The summed E-state index contributed by atoms with van der Waals surface area (Å²) in [5.74, 6) is 0. The Hall–Kier alpha value is -0.0400. The molecular formula is C20H44N+. The van der Waals surface area contributed by atoms with Crippen molar-refractivity contribution in [3.8, 4) is 0 Å². The first kappa shape index (κ1) is 21.0. The van der Waals surface area contributed by atoms with Gasteiger partial charge in [0.25, 0.3) is 0 Å². The van der Waals surface area contributed by atoms with Gasteiger partial charge in [0, 0.05) is 0 Å². The van der Waals surface area contributed by atoms with E-state index in [9.17, 15) is 0 Å². The van der Waals surface area contributed by atoms with Crippen LogP contribution in [0.4, 0.5) is 0 Å². The Labute approximate surface area is 136 Å². The Morgan fingerprint density at radius 3 is 0.810 bits per heavy atom. The molecule has 128 valence electrons. The van der Waals surface area contributed by atoms with E-state index in [1.807, 2.05) is 0 Å². The number of hydrogen-bond donors (Lipinski definition) is 0. The number of nitrogens with zero attached hydrogens (tertiary/aromatic N) is 1. The van der Waals surface area contributed by atoms with Crippen LogP contribution in [0.5, 0.6) is 0 Å². The second-order valence-electron chi connectivity index (χ2n) is 7.45. The van der Waals surface area contributed by atoms with Gasteiger partial charge >= 0.3 is 0 Å². The molecule has 0 radical (unpaired) electrons. The van der Waals surface area contributed by atoms with Crippen molar-refractivity contribution in [1.29, 1.82) is 0 Å². The third-order valence-corrected chi connectivity index (χ3v) is 5.88. The highest BCUT2D eigenvalue weighted by atomic mass is 15.4. The Kier molecular flexibility index (Phi) is 10.6. The van der Waals surface area contributed by atoms with Crippen LogP contribution in [-0.2, 0) is 0 Å². The Balaban J connectivity index is 5.67. The fraction of sp³-hybridized carbons (Fsp3) is 1.00. The third-order valence-electron chi connectivity index (χ3n) is 5.88. The van der Waals surface area contributed by atoms with Crippen LogP contribution < -0.4 is 0 Å². The largest absolute Gasteiger partial charge is 0.315 e. The molecule has 0 spiro atoms. The first-order valence-corrected chi connectivity index (χ1v) is 9.80. The molecular weight excluding hydrogens is 254 g/mol. The van der Waals surface area contributed by atoms with Gasteiger partial charge in [-0.3, -0.25) is 0 Å². The topological polar surface area (TPSA) is 0 Å². The fourth-order valence-electron chi connectivity index (χ4n) is 5.17. The first-order chi connectivity index (χ1) is 9.93. The predicted molar refractivity (Wildman–Crippen MR) is 97.7 cm³/mol. The van der Waals surface area contributed by atoms with Gasteiger partial charge in [-0.2, -0.15) is 0 Å². The first-order valence-electron chi connectivity index (χ1n) is 9.80. The van der Waals surface area contributed by atoms with E-state index in [0.717, 1.165) is 24.2 Å². The van der Waals surface area contributed by atoms with Crippen molar-refractivity contribution in [2.45, 2.75) is 131 Å². The van der Waals surface area contributed by atoms with Crippen molar-refractivity contribution >= 4 is 0 Å². The summed E-state index contributed by atoms with van der Waals surface area (Å²) in [5, 5.41) is 0. The van der Waals surface area contributed by atoms with Crippen molar-refractivity contribution in [1.82, 2.24) is 0 Å². The minimum atomic E-state index is 0.791. The molecule has 0 bridgehead atoms. The fourth-order valence-corrected chi connectivity index (χ4v) is 5.17. The van der Waals surface area contributed by atoms with Crippen molar-refractivity contribution in [3.63, 3.8) is 0 Å². The van der Waals surface area contributed by atoms with Crippen LogP contribution >= 0.6 is 0 Å². The second kappa shape index (κ2) is 10.6. The minimum Gasteiger partial charge on any atom is -0.315 e. The summed E-state index contributed by atoms with van der Waals surface area (Å²) in [6.07, 6.45) is 10.8. The maximum atomic E-state index is 2.54. The van der Waals surface area contributed by atoms with E-state index in [-0.39, 0.29) is 0 Å². The molecule has 4 unspecified atom stereocenters. The van der Waals surface area contributed by atoms with Crippen LogP contribution in [0.1, 0.15) is 107 Å². The van der Waals surface area contributed by atoms with E-state index in [1.165, 1.54) is 55.8 Å². The van der Waals surface area contributed by atoms with E-state index in [4.69, 9.17) is 0 Å². The van der Waals surface area contributed by atoms with E-state index in [0.29, 0.717) is 0 Å². The van der Waals surface area contributed by atoms with Crippen molar-refractivity contribution in [2.24, 2.45) is 0 Å². The highest BCUT2D eigenvalue weighted by molar-refractivity contribution is 4.71. The highest BCUT2D eigenvalue weighted by Crippen LogP contribution is 2.36. The number of quaternary nitrogens is 1. The van der Waals surface area contributed by atoms with E-state index in [2.05, 4.69) is 55.4 Å². The Morgan fingerprint density at radius 2 is 0.667 bits per heavy atom. The lowest BCUT2D eigenvalue weighted by Gasteiger charge is -2.56. The van der Waals surface area contributed by atoms with E-state index in [1.54, 1.807) is 0 Å². The van der Waals surface area contributed by atoms with Gasteiger partial charge in [-0.1, -0.05) is 53.4 Å². The normalized spacial score (nSPS) is 20.6. The molecule has 0 rings (SSSR count). The SMILES string of the molecule is CCCC(C)[N+](C(C)CCC)(C(C)CCC)C(C)CCC. The summed E-state index contributed by atoms with van der Waals surface area (Å²) in [5.41, 5.74) is 0. The molecule has 0 aromatic carbocycles. The summed E-state index contributed by atoms with van der Waals surface area (Å²) in [7, 11) is 0. The average Bonchev–Trinajstić information content (AvgIpc) is 2.40. The van der Waals surface area contributed by atoms with Crippen molar-refractivity contribution in [2.75, 3.05) is 0 Å². The molecule has 0 N–H and O–H groups in total. The Bertz CT molecular complexity index is 195. The lowest BCUT2D eigenvalue weighted by atomic mass is 9.90. The molecule has 0 aromatic rings. The van der Waals surface area contributed by atoms with Gasteiger partial charge in [0.15, 0.2) is 0 Å². The quantitative estimate of drug-likeness (QED) is 0.358. The van der Waals surface area contributed by atoms with Crippen molar-refractivity contribution in [3.05, 3.63) is 0 Å². The standard InChI is InChI=1S/C20H44N/c1-9-13-17(5)21(18(6)14-10-2,19(7)15-11-3)20(8)16-12-4/h17-20H,9-16H2,1-8H3/q+1. The van der Waals surface area contributed by atoms with Gasteiger partial charge in [0.2, 0.25) is 0 Å². The predicted octanol–water partition coefficient (Wildman–Crippen LogP) is 6.56. The minimum absolute atomic E-state index is 0.791. The molecule has 1 nitrogen and oxygen atoms in total. The van der Waals surface area contributed by atoms with Gasteiger partial charge in [-0.05, 0) is 53.4 Å². The summed E-state index contributed by atoms with van der Waals surface area (Å²) in [6, 6.07) is 3.17. The molecule has 4 atom stereocenters. The van der Waals surface area contributed by atoms with Crippen molar-refractivity contribution < 1.29 is 4.48 Å². The molecule has 0 fully saturated rings. The van der Waals surface area contributed by atoms with Crippen LogP contribution in [0, 0.1) is 0 Å². The maximum absolute atomic E-state index is 2.54. The zero-order valence-electron chi connectivity index (χ0n) is 16.4. The van der Waals surface area contributed by atoms with E-state index >= 15 is 0 Å². The molecule has 0 aliphatic carbocycles. The number of rotatable bonds is 12. The third kappa shape index (κ3) is 4.98. The molecule has 0 aliphatic heterocycles. The Morgan fingerprint density at radius 1 is 0.476 bits per heavy atom. The van der Waals surface area contributed by atoms with Gasteiger partial charge in [0.1, 0.15) is 0 Å². The maximum Gasteiger partial charge on any atom is 0.0867 e. The molecule has 0 aromatic heterocycles. The van der Waals surface area contributed by atoms with Crippen LogP contribution in [0.25, 0.3) is 0 Å². The number of hydrogen-bond acceptors (Lipinski definition) is 0. The van der Waals surface area contributed by atoms with Gasteiger partial charge in [-0.15, -0.1) is 0 Å². The van der Waals surface area contributed by atoms with Gasteiger partial charge in [0.05, 0.1) is 24.2 Å². The molecule has 0 heterocycles. The molecule has 0 saturated heterocycles. The summed E-state index contributed by atoms with van der Waals surface area (Å²) in [6.45, 7) is 19.6. The zero-order valence-corrected chi connectivity index (χ0v) is 16.4. The molecule has 21 heavy (non-hydrogen) atoms. The zero-order chi connectivity index (χ0) is 16.5. The second-order valence-corrected chi connectivity index (χ2v) is 7.45. The molecule has 0 amide bonds. The average molecular weight is 299 g/mol. The van der Waals surface area contributed by atoms with E-state index < -0.39 is 0 Å². The summed E-state index contributed by atoms with van der Waals surface area (Å²) < 4.78 is 1.36. The van der Waals surface area contributed by atoms with Crippen LogP contribution in [0.2, 0.25) is 0 Å². The lowest BCUT2D eigenvalue weighted by molar-refractivity contribution is -1.01. The smallest absolute Gasteiger partial charge is 0.0867 e. The van der Waals surface area contributed by atoms with Gasteiger partial charge in [-0.25, -0.2) is 0 Å². The van der Waals surface area contributed by atoms with Crippen LogP contribution in [-0.4, -0.2) is 28.7 Å². The molecule has 0 saturated carbocycles. The molecule has 0 aliphatic rings. The van der Waals surface area contributed by atoms with Crippen LogP contribution in [0.3, 0.4) is 0 Å². The summed E-state index contributed by atoms with van der Waals surface area (Å²) >= 11 is 0. The van der Waals surface area contributed by atoms with Crippen LogP contribution in [0.15, 0.2) is 0 Å². The summed E-state index contributed by atoms with van der Waals surface area (Å²) in [4.78, 5) is 0. The highest BCUT2D eigenvalue weighted by Gasteiger charge is 2.46. The van der Waals surface area contributed by atoms with Gasteiger partial charge < -0.3 is 4.48 Å². The monoisotopic (exact) mass is 298 g/mol. The molecule has 1 heteroatoms. The lowest BCUT2D eigenvalue weighted by Crippen LogP contribution is -2.68.